The fraction of sp³-hybridized carbons (Fsp3) is 0.385. The highest BCUT2D eigenvalue weighted by atomic mass is 16.5. The highest BCUT2D eigenvalue weighted by molar-refractivity contribution is 5.90. The summed E-state index contributed by atoms with van der Waals surface area (Å²) in [6.45, 7) is 1.79. The van der Waals surface area contributed by atoms with Gasteiger partial charge >= 0.3 is 5.97 Å². The number of carboxylic acids is 1. The van der Waals surface area contributed by atoms with Gasteiger partial charge in [-0.2, -0.15) is 0 Å². The quantitative estimate of drug-likeness (QED) is 0.819. The molecule has 0 spiro atoms. The second kappa shape index (κ2) is 4.68. The van der Waals surface area contributed by atoms with Gasteiger partial charge in [0.2, 0.25) is 0 Å². The number of rotatable bonds is 5. The lowest BCUT2D eigenvalue weighted by Crippen LogP contribution is -2.45. The molecule has 0 saturated heterocycles. The maximum absolute atomic E-state index is 11.5. The minimum absolute atomic E-state index is 0.169. The summed E-state index contributed by atoms with van der Waals surface area (Å²) in [5.74, 6) is -0.794. The summed E-state index contributed by atoms with van der Waals surface area (Å²) in [5.41, 5.74) is 0.0582. The van der Waals surface area contributed by atoms with Gasteiger partial charge in [0.15, 0.2) is 6.61 Å². The van der Waals surface area contributed by atoms with Gasteiger partial charge < -0.3 is 15.2 Å². The summed E-state index contributed by atoms with van der Waals surface area (Å²) in [4.78, 5) is 22.4. The van der Waals surface area contributed by atoms with Gasteiger partial charge in [0.05, 0.1) is 0 Å². The van der Waals surface area contributed by atoms with Gasteiger partial charge in [-0.25, -0.2) is 4.79 Å². The molecule has 0 aromatic heterocycles. The molecule has 0 heterocycles. The van der Waals surface area contributed by atoms with Crippen LogP contribution in [-0.2, 0) is 9.59 Å². The first-order valence-corrected chi connectivity index (χ1v) is 5.76. The van der Waals surface area contributed by atoms with Crippen LogP contribution >= 0.6 is 0 Å². The van der Waals surface area contributed by atoms with Gasteiger partial charge in [0, 0.05) is 0 Å². The van der Waals surface area contributed by atoms with Crippen LogP contribution in [-0.4, -0.2) is 29.1 Å². The Labute approximate surface area is 105 Å². The number of aryl methyl sites for hydroxylation is 1. The second-order valence-electron chi connectivity index (χ2n) is 4.54. The molecular weight excluding hydrogens is 234 g/mol. The van der Waals surface area contributed by atoms with Crippen molar-refractivity contribution >= 4 is 11.9 Å². The second-order valence-corrected chi connectivity index (χ2v) is 4.54. The SMILES string of the molecule is Cc1ccc(OCC(=O)NC2(C(=O)O)CC2)cc1. The molecule has 18 heavy (non-hydrogen) atoms. The van der Waals surface area contributed by atoms with Crippen LogP contribution in [0.15, 0.2) is 24.3 Å². The normalized spacial score (nSPS) is 15.8. The van der Waals surface area contributed by atoms with E-state index < -0.39 is 17.4 Å². The Kier molecular flexibility index (Phi) is 3.23. The van der Waals surface area contributed by atoms with E-state index in [1.807, 2.05) is 19.1 Å². The van der Waals surface area contributed by atoms with E-state index in [0.29, 0.717) is 18.6 Å². The van der Waals surface area contributed by atoms with Crippen molar-refractivity contribution in [2.75, 3.05) is 6.61 Å². The third-order valence-corrected chi connectivity index (χ3v) is 2.93. The molecule has 2 rings (SSSR count). The number of hydrogen-bond donors (Lipinski definition) is 2. The third-order valence-electron chi connectivity index (χ3n) is 2.93. The molecular formula is C13H15NO4. The summed E-state index contributed by atoms with van der Waals surface area (Å²) in [6, 6.07) is 7.30. The lowest BCUT2D eigenvalue weighted by molar-refractivity contribution is -0.143. The smallest absolute Gasteiger partial charge is 0.329 e. The van der Waals surface area contributed by atoms with E-state index in [1.165, 1.54) is 0 Å². The number of benzene rings is 1. The lowest BCUT2D eigenvalue weighted by atomic mass is 10.2. The average molecular weight is 249 g/mol. The zero-order valence-corrected chi connectivity index (χ0v) is 10.1. The van der Waals surface area contributed by atoms with Gasteiger partial charge in [-0.05, 0) is 31.9 Å². The zero-order chi connectivity index (χ0) is 13.2. The molecule has 0 bridgehead atoms. The maximum Gasteiger partial charge on any atom is 0.329 e. The van der Waals surface area contributed by atoms with Gasteiger partial charge in [-0.15, -0.1) is 0 Å². The van der Waals surface area contributed by atoms with Crippen LogP contribution in [0, 0.1) is 6.92 Å². The summed E-state index contributed by atoms with van der Waals surface area (Å²) < 4.78 is 5.27. The molecule has 1 fully saturated rings. The Morgan fingerprint density at radius 1 is 1.33 bits per heavy atom. The van der Waals surface area contributed by atoms with Crippen molar-refractivity contribution in [1.29, 1.82) is 0 Å². The molecule has 0 aliphatic heterocycles. The molecule has 1 saturated carbocycles. The molecule has 0 atom stereocenters. The Morgan fingerprint density at radius 2 is 1.94 bits per heavy atom. The standard InChI is InChI=1S/C13H15NO4/c1-9-2-4-10(5-3-9)18-8-11(15)14-13(6-7-13)12(16)17/h2-5H,6-8H2,1H3,(H,14,15)(H,16,17). The van der Waals surface area contributed by atoms with E-state index in [1.54, 1.807) is 12.1 Å². The van der Waals surface area contributed by atoms with Crippen LogP contribution in [0.2, 0.25) is 0 Å². The van der Waals surface area contributed by atoms with E-state index in [-0.39, 0.29) is 6.61 Å². The van der Waals surface area contributed by atoms with Gasteiger partial charge in [-0.1, -0.05) is 17.7 Å². The van der Waals surface area contributed by atoms with Gasteiger partial charge in [0.25, 0.3) is 5.91 Å². The number of nitrogens with one attached hydrogen (secondary N) is 1. The first kappa shape index (κ1) is 12.4. The van der Waals surface area contributed by atoms with Crippen LogP contribution in [0.3, 0.4) is 0 Å². The predicted molar refractivity (Wildman–Crippen MR) is 64.4 cm³/mol. The van der Waals surface area contributed by atoms with Crippen molar-refractivity contribution in [1.82, 2.24) is 5.32 Å². The van der Waals surface area contributed by atoms with Crippen molar-refractivity contribution in [3.05, 3.63) is 29.8 Å². The van der Waals surface area contributed by atoms with Crippen LogP contribution < -0.4 is 10.1 Å². The highest BCUT2D eigenvalue weighted by Crippen LogP contribution is 2.35. The Bertz CT molecular complexity index is 462. The van der Waals surface area contributed by atoms with E-state index in [0.717, 1.165) is 5.56 Å². The lowest BCUT2D eigenvalue weighted by Gasteiger charge is -2.12. The first-order chi connectivity index (χ1) is 8.52. The summed E-state index contributed by atoms with van der Waals surface area (Å²) in [7, 11) is 0. The van der Waals surface area contributed by atoms with Crippen LogP contribution in [0.4, 0.5) is 0 Å². The Morgan fingerprint density at radius 3 is 2.44 bits per heavy atom. The summed E-state index contributed by atoms with van der Waals surface area (Å²) in [6.07, 6.45) is 0.969. The Balaban J connectivity index is 1.82. The molecule has 0 radical (unpaired) electrons. The first-order valence-electron chi connectivity index (χ1n) is 5.76. The zero-order valence-electron chi connectivity index (χ0n) is 10.1. The molecule has 1 amide bonds. The molecule has 96 valence electrons. The van der Waals surface area contributed by atoms with Crippen molar-refractivity contribution in [3.8, 4) is 5.75 Å². The highest BCUT2D eigenvalue weighted by Gasteiger charge is 2.51. The molecule has 1 aliphatic carbocycles. The van der Waals surface area contributed by atoms with Crippen LogP contribution in [0.25, 0.3) is 0 Å². The molecule has 1 aromatic carbocycles. The third kappa shape index (κ3) is 2.80. The monoisotopic (exact) mass is 249 g/mol. The largest absolute Gasteiger partial charge is 0.484 e. The summed E-state index contributed by atoms with van der Waals surface area (Å²) in [5, 5.41) is 11.4. The molecule has 0 unspecified atom stereocenters. The number of carbonyl (C=O) groups excluding carboxylic acids is 1. The van der Waals surface area contributed by atoms with Crippen LogP contribution in [0.5, 0.6) is 5.75 Å². The van der Waals surface area contributed by atoms with Gasteiger partial charge in [0.1, 0.15) is 11.3 Å². The van der Waals surface area contributed by atoms with E-state index in [9.17, 15) is 9.59 Å². The predicted octanol–water partition coefficient (Wildman–Crippen LogP) is 1.11. The van der Waals surface area contributed by atoms with Crippen molar-refractivity contribution < 1.29 is 19.4 Å². The number of carbonyl (C=O) groups is 2. The number of amides is 1. The molecule has 5 heteroatoms. The van der Waals surface area contributed by atoms with Crippen molar-refractivity contribution in [2.24, 2.45) is 0 Å². The van der Waals surface area contributed by atoms with Crippen molar-refractivity contribution in [2.45, 2.75) is 25.3 Å². The minimum atomic E-state index is -1.05. The van der Waals surface area contributed by atoms with E-state index in [2.05, 4.69) is 5.32 Å². The minimum Gasteiger partial charge on any atom is -0.484 e. The summed E-state index contributed by atoms with van der Waals surface area (Å²) >= 11 is 0. The van der Waals surface area contributed by atoms with Crippen LogP contribution in [0.1, 0.15) is 18.4 Å². The topological polar surface area (TPSA) is 75.6 Å². The van der Waals surface area contributed by atoms with Crippen molar-refractivity contribution in [3.63, 3.8) is 0 Å². The molecule has 1 aliphatic rings. The molecule has 1 aromatic rings. The van der Waals surface area contributed by atoms with Gasteiger partial charge in [-0.3, -0.25) is 4.79 Å². The average Bonchev–Trinajstić information content (AvgIpc) is 3.09. The number of ether oxygens (including phenoxy) is 1. The Hall–Kier alpha value is -2.04. The van der Waals surface area contributed by atoms with E-state index in [4.69, 9.17) is 9.84 Å². The molecule has 2 N–H and O–H groups in total. The number of carboxylic acid groups (broad SMARTS) is 1. The number of aliphatic carboxylic acids is 1. The fourth-order valence-electron chi connectivity index (χ4n) is 1.60. The maximum atomic E-state index is 11.5. The number of hydrogen-bond acceptors (Lipinski definition) is 3. The van der Waals surface area contributed by atoms with E-state index >= 15 is 0 Å². The fourth-order valence-corrected chi connectivity index (χ4v) is 1.60. The molecule has 5 nitrogen and oxygen atoms in total.